The number of carbonyl (C=O) groups excluding carboxylic acids is 4. The van der Waals surface area contributed by atoms with E-state index in [2.05, 4.69) is 13.8 Å². The number of anilines is 1. The van der Waals surface area contributed by atoms with E-state index in [1.54, 1.807) is 4.90 Å². The van der Waals surface area contributed by atoms with Gasteiger partial charge >= 0.3 is 5.97 Å². The SMILES string of the molecule is COC(=O)c1sccc1N(C(=O)C1CCC(C)CC1)C1CCC2(CC1)CC(=O)N(C(=O)C1CCC(C)CC1)C2. The van der Waals surface area contributed by atoms with Crippen LogP contribution in [0.4, 0.5) is 5.69 Å². The number of likely N-dealkylation sites (tertiary alicyclic amines) is 1. The number of thiophene rings is 1. The van der Waals surface area contributed by atoms with Crippen molar-refractivity contribution in [1.29, 1.82) is 0 Å². The quantitative estimate of drug-likeness (QED) is 0.318. The van der Waals surface area contributed by atoms with E-state index in [1.165, 1.54) is 18.4 Å². The summed E-state index contributed by atoms with van der Waals surface area (Å²) in [6, 6.07) is 1.86. The molecule has 1 aliphatic heterocycles. The number of imide groups is 1. The van der Waals surface area contributed by atoms with Gasteiger partial charge in [0.1, 0.15) is 4.88 Å². The highest BCUT2D eigenvalue weighted by Crippen LogP contribution is 2.48. The van der Waals surface area contributed by atoms with Gasteiger partial charge in [-0.05, 0) is 106 Å². The Kier molecular flexibility index (Phi) is 8.51. The van der Waals surface area contributed by atoms with E-state index in [1.807, 2.05) is 16.3 Å². The van der Waals surface area contributed by atoms with Gasteiger partial charge in [-0.3, -0.25) is 19.3 Å². The normalized spacial score (nSPS) is 33.3. The van der Waals surface area contributed by atoms with Gasteiger partial charge in [0.2, 0.25) is 17.7 Å². The Morgan fingerprint density at radius 1 is 0.923 bits per heavy atom. The summed E-state index contributed by atoms with van der Waals surface area (Å²) in [5.41, 5.74) is 0.474. The Morgan fingerprint density at radius 2 is 1.51 bits per heavy atom. The highest BCUT2D eigenvalue weighted by atomic mass is 32.1. The second-order valence-electron chi connectivity index (χ2n) is 13.0. The summed E-state index contributed by atoms with van der Waals surface area (Å²) in [5, 5.41) is 1.86. The Balaban J connectivity index is 1.31. The van der Waals surface area contributed by atoms with Crippen molar-refractivity contribution in [2.75, 3.05) is 18.6 Å². The number of rotatable bonds is 5. The smallest absolute Gasteiger partial charge is 0.350 e. The lowest BCUT2D eigenvalue weighted by Crippen LogP contribution is -2.48. The second-order valence-corrected chi connectivity index (χ2v) is 13.9. The summed E-state index contributed by atoms with van der Waals surface area (Å²) in [5.74, 6) is 0.997. The predicted molar refractivity (Wildman–Crippen MR) is 151 cm³/mol. The van der Waals surface area contributed by atoms with Gasteiger partial charge in [0.25, 0.3) is 0 Å². The number of hydrogen-bond donors (Lipinski definition) is 0. The summed E-state index contributed by atoms with van der Waals surface area (Å²) >= 11 is 1.32. The van der Waals surface area contributed by atoms with Crippen molar-refractivity contribution < 1.29 is 23.9 Å². The molecule has 1 saturated heterocycles. The highest BCUT2D eigenvalue weighted by molar-refractivity contribution is 7.12. The van der Waals surface area contributed by atoms with E-state index in [4.69, 9.17) is 4.74 Å². The van der Waals surface area contributed by atoms with Crippen molar-refractivity contribution >= 4 is 40.7 Å². The summed E-state index contributed by atoms with van der Waals surface area (Å²) in [6.45, 7) is 5.00. The number of esters is 1. The van der Waals surface area contributed by atoms with Crippen LogP contribution in [0.2, 0.25) is 0 Å². The number of amides is 3. The van der Waals surface area contributed by atoms with Gasteiger partial charge in [0.15, 0.2) is 0 Å². The molecule has 0 aromatic carbocycles. The molecule has 0 unspecified atom stereocenters. The van der Waals surface area contributed by atoms with E-state index >= 15 is 0 Å². The fraction of sp³-hybridized carbons (Fsp3) is 0.742. The number of ether oxygens (including phenoxy) is 1. The minimum absolute atomic E-state index is 0.0155. The van der Waals surface area contributed by atoms with Gasteiger partial charge in [0.05, 0.1) is 12.8 Å². The Labute approximate surface area is 236 Å². The molecule has 3 amide bonds. The minimum atomic E-state index is -0.407. The first-order valence-electron chi connectivity index (χ1n) is 15.0. The van der Waals surface area contributed by atoms with Gasteiger partial charge in [-0.25, -0.2) is 4.79 Å². The fourth-order valence-corrected chi connectivity index (χ4v) is 8.37. The highest BCUT2D eigenvalue weighted by Gasteiger charge is 2.49. The molecule has 0 atom stereocenters. The molecule has 4 fully saturated rings. The summed E-state index contributed by atoms with van der Waals surface area (Å²) in [7, 11) is 1.38. The zero-order valence-corrected chi connectivity index (χ0v) is 24.6. The van der Waals surface area contributed by atoms with Crippen LogP contribution in [0, 0.1) is 29.1 Å². The predicted octanol–water partition coefficient (Wildman–Crippen LogP) is 6.21. The number of methoxy groups -OCH3 is 1. The maximum atomic E-state index is 14.0. The molecule has 214 valence electrons. The topological polar surface area (TPSA) is 84.0 Å². The van der Waals surface area contributed by atoms with Crippen molar-refractivity contribution in [2.45, 2.75) is 103 Å². The number of hydrogen-bond acceptors (Lipinski definition) is 6. The lowest BCUT2D eigenvalue weighted by Gasteiger charge is -2.43. The van der Waals surface area contributed by atoms with Crippen LogP contribution in [0.1, 0.15) is 107 Å². The zero-order valence-electron chi connectivity index (χ0n) is 23.8. The van der Waals surface area contributed by atoms with Gasteiger partial charge in [-0.2, -0.15) is 0 Å². The van der Waals surface area contributed by atoms with E-state index in [9.17, 15) is 19.2 Å². The van der Waals surface area contributed by atoms with Crippen LogP contribution in [0.5, 0.6) is 0 Å². The Hall–Kier alpha value is -2.22. The first-order chi connectivity index (χ1) is 18.7. The standard InChI is InChI=1S/C31H44N2O5S/c1-20-4-8-22(9-5-20)28(35)32-19-31(18-26(32)34)15-12-24(13-16-31)33(25-14-17-39-27(25)30(37)38-3)29(36)23-10-6-21(2)7-11-23/h14,17,20-24H,4-13,15-16,18-19H2,1-3H3. The molecule has 5 rings (SSSR count). The van der Waals surface area contributed by atoms with Gasteiger partial charge in [-0.15, -0.1) is 11.3 Å². The van der Waals surface area contributed by atoms with Crippen molar-refractivity contribution in [3.63, 3.8) is 0 Å². The molecule has 8 heteroatoms. The average molecular weight is 557 g/mol. The molecule has 0 radical (unpaired) electrons. The first kappa shape index (κ1) is 28.3. The summed E-state index contributed by atoms with van der Waals surface area (Å²) < 4.78 is 5.05. The van der Waals surface area contributed by atoms with Crippen LogP contribution in [0.3, 0.4) is 0 Å². The number of nitrogens with zero attached hydrogens (tertiary/aromatic N) is 2. The van der Waals surface area contributed by atoms with E-state index in [-0.39, 0.29) is 41.0 Å². The van der Waals surface area contributed by atoms with Gasteiger partial charge in [0, 0.05) is 30.8 Å². The van der Waals surface area contributed by atoms with Crippen LogP contribution in [-0.4, -0.2) is 48.3 Å². The van der Waals surface area contributed by atoms with Crippen molar-refractivity contribution in [3.05, 3.63) is 16.3 Å². The summed E-state index contributed by atoms with van der Waals surface area (Å²) in [4.78, 5) is 57.0. The third-order valence-corrected chi connectivity index (χ3v) is 11.1. The third-order valence-electron chi connectivity index (χ3n) is 10.2. The molecule has 1 aromatic rings. The molecular weight excluding hydrogens is 512 g/mol. The molecule has 1 aromatic heterocycles. The molecule has 2 heterocycles. The van der Waals surface area contributed by atoms with E-state index in [0.29, 0.717) is 35.4 Å². The summed E-state index contributed by atoms with van der Waals surface area (Å²) in [6.07, 6.45) is 11.3. The average Bonchev–Trinajstić information content (AvgIpc) is 3.54. The van der Waals surface area contributed by atoms with Crippen LogP contribution >= 0.6 is 11.3 Å². The molecule has 0 N–H and O–H groups in total. The molecule has 3 aliphatic carbocycles. The molecule has 0 bridgehead atoms. The van der Waals surface area contributed by atoms with E-state index < -0.39 is 5.97 Å². The monoisotopic (exact) mass is 556 g/mol. The van der Waals surface area contributed by atoms with Crippen LogP contribution in [-0.2, 0) is 19.1 Å². The Bertz CT molecular complexity index is 1070. The first-order valence-corrected chi connectivity index (χ1v) is 15.9. The fourth-order valence-electron chi connectivity index (χ4n) is 7.57. The lowest BCUT2D eigenvalue weighted by atomic mass is 9.71. The van der Waals surface area contributed by atoms with Crippen molar-refractivity contribution in [1.82, 2.24) is 4.90 Å². The Morgan fingerprint density at radius 3 is 2.10 bits per heavy atom. The lowest BCUT2D eigenvalue weighted by molar-refractivity contribution is -0.145. The van der Waals surface area contributed by atoms with Crippen molar-refractivity contribution in [2.24, 2.45) is 29.1 Å². The van der Waals surface area contributed by atoms with Gasteiger partial charge in [-0.1, -0.05) is 13.8 Å². The van der Waals surface area contributed by atoms with Crippen LogP contribution in [0.25, 0.3) is 0 Å². The molecule has 4 aliphatic rings. The van der Waals surface area contributed by atoms with Crippen molar-refractivity contribution in [3.8, 4) is 0 Å². The van der Waals surface area contributed by atoms with E-state index in [0.717, 1.165) is 77.0 Å². The third kappa shape index (κ3) is 5.82. The zero-order chi connectivity index (χ0) is 27.7. The molecule has 3 saturated carbocycles. The maximum absolute atomic E-state index is 14.0. The molecule has 39 heavy (non-hydrogen) atoms. The number of carbonyl (C=O) groups is 4. The molecular formula is C31H44N2O5S. The van der Waals surface area contributed by atoms with Gasteiger partial charge < -0.3 is 9.64 Å². The minimum Gasteiger partial charge on any atom is -0.465 e. The molecule has 1 spiro atoms. The molecule has 7 nitrogen and oxygen atoms in total. The van der Waals surface area contributed by atoms with Crippen LogP contribution < -0.4 is 4.90 Å². The van der Waals surface area contributed by atoms with Crippen LogP contribution in [0.15, 0.2) is 11.4 Å². The maximum Gasteiger partial charge on any atom is 0.350 e. The second kappa shape index (κ2) is 11.7. The largest absolute Gasteiger partial charge is 0.465 e.